The zero-order valence-electron chi connectivity index (χ0n) is 11.2. The zero-order chi connectivity index (χ0) is 13.1. The molecule has 0 amide bonds. The average Bonchev–Trinajstić information content (AvgIpc) is 2.48. The molecule has 2 aromatic rings. The number of pyridine rings is 1. The number of methoxy groups -OCH3 is 1. The maximum Gasteiger partial charge on any atom is 0.148 e. The molecule has 100 valence electrons. The van der Waals surface area contributed by atoms with Crippen LogP contribution in [0.25, 0.3) is 10.8 Å². The van der Waals surface area contributed by atoms with E-state index in [1.54, 1.807) is 7.11 Å². The summed E-state index contributed by atoms with van der Waals surface area (Å²) in [6.45, 7) is 2.17. The van der Waals surface area contributed by atoms with Crippen LogP contribution in [0.5, 0.6) is 5.75 Å². The van der Waals surface area contributed by atoms with Crippen LogP contribution in [0.2, 0.25) is 0 Å². The minimum absolute atomic E-state index is 0.890. The van der Waals surface area contributed by atoms with Crippen LogP contribution < -0.4 is 10.2 Å². The lowest BCUT2D eigenvalue weighted by atomic mass is 10.1. The molecule has 0 aliphatic carbocycles. The van der Waals surface area contributed by atoms with E-state index in [1.807, 2.05) is 24.4 Å². The van der Waals surface area contributed by atoms with Crippen molar-refractivity contribution in [3.05, 3.63) is 30.5 Å². The van der Waals surface area contributed by atoms with Gasteiger partial charge in [0.2, 0.25) is 0 Å². The Hall–Kier alpha value is -1.81. The number of piperidine rings is 1. The quantitative estimate of drug-likeness (QED) is 0.917. The third-order valence-electron chi connectivity index (χ3n) is 3.61. The molecule has 1 fully saturated rings. The molecule has 4 heteroatoms. The van der Waals surface area contributed by atoms with Crippen LogP contribution >= 0.6 is 0 Å². The molecule has 1 aliphatic rings. The molecule has 2 heterocycles. The molecule has 4 nitrogen and oxygen atoms in total. The van der Waals surface area contributed by atoms with E-state index >= 15 is 0 Å². The molecule has 1 aromatic carbocycles. The normalized spacial score (nSPS) is 16.5. The number of nitrogens with zero attached hydrogens (tertiary/aromatic N) is 2. The number of benzene rings is 1. The topological polar surface area (TPSA) is 37.4 Å². The Bertz CT molecular complexity index is 564. The summed E-state index contributed by atoms with van der Waals surface area (Å²) in [6, 6.07) is 8.06. The highest BCUT2D eigenvalue weighted by molar-refractivity contribution is 5.95. The molecule has 3 rings (SSSR count). The molecule has 0 radical (unpaired) electrons. The lowest BCUT2D eigenvalue weighted by Gasteiger charge is -2.27. The first-order chi connectivity index (χ1) is 9.38. The highest BCUT2D eigenvalue weighted by atomic mass is 16.5. The van der Waals surface area contributed by atoms with E-state index in [-0.39, 0.29) is 0 Å². The first-order valence-corrected chi connectivity index (χ1v) is 6.82. The maximum atomic E-state index is 5.40. The van der Waals surface area contributed by atoms with Crippen molar-refractivity contribution in [2.45, 2.75) is 19.3 Å². The predicted octanol–water partition coefficient (Wildman–Crippen LogP) is 3.06. The molecule has 1 N–H and O–H groups in total. The Morgan fingerprint density at radius 1 is 1.11 bits per heavy atom. The fourth-order valence-electron chi connectivity index (χ4n) is 2.60. The van der Waals surface area contributed by atoms with Crippen LogP contribution in [0, 0.1) is 0 Å². The number of hydrogen-bond acceptors (Lipinski definition) is 4. The number of hydrazine groups is 1. The number of nitrogens with one attached hydrogen (secondary N) is 1. The first kappa shape index (κ1) is 12.2. The van der Waals surface area contributed by atoms with Gasteiger partial charge in [0, 0.05) is 30.1 Å². The highest BCUT2D eigenvalue weighted by Gasteiger charge is 2.12. The lowest BCUT2D eigenvalue weighted by molar-refractivity contribution is 0.272. The van der Waals surface area contributed by atoms with E-state index in [0.717, 1.165) is 35.4 Å². The number of rotatable bonds is 3. The second kappa shape index (κ2) is 5.45. The van der Waals surface area contributed by atoms with Gasteiger partial charge in [0.25, 0.3) is 0 Å². The Labute approximate surface area is 113 Å². The maximum absolute atomic E-state index is 5.40. The Kier molecular flexibility index (Phi) is 3.51. The van der Waals surface area contributed by atoms with Crippen LogP contribution in [0.3, 0.4) is 0 Å². The van der Waals surface area contributed by atoms with Crippen molar-refractivity contribution in [3.63, 3.8) is 0 Å². The summed E-state index contributed by atoms with van der Waals surface area (Å²) in [5.41, 5.74) is 3.44. The first-order valence-electron chi connectivity index (χ1n) is 6.82. The van der Waals surface area contributed by atoms with E-state index in [2.05, 4.69) is 21.5 Å². The van der Waals surface area contributed by atoms with Gasteiger partial charge >= 0.3 is 0 Å². The SMILES string of the molecule is COc1cccc2c(NN3CCCCC3)nccc12. The number of hydrogen-bond donors (Lipinski definition) is 1. The van der Waals surface area contributed by atoms with Gasteiger partial charge in [-0.1, -0.05) is 18.6 Å². The van der Waals surface area contributed by atoms with Crippen LogP contribution in [0.15, 0.2) is 30.5 Å². The van der Waals surface area contributed by atoms with Crippen LogP contribution in [0.4, 0.5) is 5.82 Å². The minimum atomic E-state index is 0.890. The van der Waals surface area contributed by atoms with Crippen LogP contribution in [0.1, 0.15) is 19.3 Å². The second-order valence-electron chi connectivity index (χ2n) is 4.87. The van der Waals surface area contributed by atoms with Crippen molar-refractivity contribution in [2.24, 2.45) is 0 Å². The van der Waals surface area contributed by atoms with Gasteiger partial charge in [0.05, 0.1) is 7.11 Å². The van der Waals surface area contributed by atoms with Gasteiger partial charge in [-0.25, -0.2) is 9.99 Å². The van der Waals surface area contributed by atoms with Crippen molar-refractivity contribution in [3.8, 4) is 5.75 Å². The van der Waals surface area contributed by atoms with Gasteiger partial charge in [0.1, 0.15) is 11.6 Å². The van der Waals surface area contributed by atoms with Crippen molar-refractivity contribution in [1.29, 1.82) is 0 Å². The average molecular weight is 257 g/mol. The van der Waals surface area contributed by atoms with E-state index in [4.69, 9.17) is 4.74 Å². The smallest absolute Gasteiger partial charge is 0.148 e. The highest BCUT2D eigenvalue weighted by Crippen LogP contribution is 2.29. The molecule has 0 saturated carbocycles. The van der Waals surface area contributed by atoms with Gasteiger partial charge in [0.15, 0.2) is 0 Å². The summed E-state index contributed by atoms with van der Waals surface area (Å²) in [5, 5.41) is 4.46. The fourth-order valence-corrected chi connectivity index (χ4v) is 2.60. The monoisotopic (exact) mass is 257 g/mol. The van der Waals surface area contributed by atoms with Crippen LogP contribution in [-0.2, 0) is 0 Å². The van der Waals surface area contributed by atoms with E-state index < -0.39 is 0 Å². The standard InChI is InChI=1S/C15H19N3O/c1-19-14-7-5-6-13-12(14)8-9-16-15(13)17-18-10-3-2-4-11-18/h5-9H,2-4,10-11H2,1H3,(H,16,17). The summed E-state index contributed by atoms with van der Waals surface area (Å²) >= 11 is 0. The lowest BCUT2D eigenvalue weighted by Crippen LogP contribution is -2.35. The molecular weight excluding hydrogens is 238 g/mol. The second-order valence-corrected chi connectivity index (χ2v) is 4.87. The number of anilines is 1. The molecule has 0 spiro atoms. The Morgan fingerprint density at radius 3 is 2.74 bits per heavy atom. The van der Waals surface area contributed by atoms with E-state index in [0.29, 0.717) is 0 Å². The van der Waals surface area contributed by atoms with Crippen molar-refractivity contribution >= 4 is 16.6 Å². The Balaban J connectivity index is 1.94. The molecule has 0 unspecified atom stereocenters. The zero-order valence-corrected chi connectivity index (χ0v) is 11.2. The fraction of sp³-hybridized carbons (Fsp3) is 0.400. The Morgan fingerprint density at radius 2 is 1.95 bits per heavy atom. The summed E-state index contributed by atoms with van der Waals surface area (Å²) in [6.07, 6.45) is 5.66. The summed E-state index contributed by atoms with van der Waals surface area (Å²) in [7, 11) is 1.70. The minimum Gasteiger partial charge on any atom is -0.496 e. The van der Waals surface area contributed by atoms with Crippen LogP contribution in [-0.4, -0.2) is 30.2 Å². The van der Waals surface area contributed by atoms with Crippen molar-refractivity contribution in [1.82, 2.24) is 9.99 Å². The molecule has 19 heavy (non-hydrogen) atoms. The van der Waals surface area contributed by atoms with Gasteiger partial charge in [-0.05, 0) is 25.0 Å². The number of ether oxygens (including phenoxy) is 1. The third-order valence-corrected chi connectivity index (χ3v) is 3.61. The third kappa shape index (κ3) is 2.49. The van der Waals surface area contributed by atoms with E-state index in [1.165, 1.54) is 19.3 Å². The largest absolute Gasteiger partial charge is 0.496 e. The van der Waals surface area contributed by atoms with Gasteiger partial charge < -0.3 is 10.2 Å². The van der Waals surface area contributed by atoms with Gasteiger partial charge in [-0.15, -0.1) is 0 Å². The summed E-state index contributed by atoms with van der Waals surface area (Å²) in [4.78, 5) is 4.47. The molecular formula is C15H19N3O. The number of aromatic nitrogens is 1. The summed E-state index contributed by atoms with van der Waals surface area (Å²) < 4.78 is 5.40. The van der Waals surface area contributed by atoms with E-state index in [9.17, 15) is 0 Å². The summed E-state index contributed by atoms with van der Waals surface area (Å²) in [5.74, 6) is 1.81. The molecule has 0 bridgehead atoms. The number of fused-ring (bicyclic) bond motifs is 1. The molecule has 1 aliphatic heterocycles. The molecule has 1 saturated heterocycles. The van der Waals surface area contributed by atoms with Gasteiger partial charge in [-0.2, -0.15) is 0 Å². The predicted molar refractivity (Wildman–Crippen MR) is 77.3 cm³/mol. The molecule has 1 aromatic heterocycles. The van der Waals surface area contributed by atoms with Gasteiger partial charge in [-0.3, -0.25) is 0 Å². The molecule has 0 atom stereocenters. The van der Waals surface area contributed by atoms with Crippen molar-refractivity contribution in [2.75, 3.05) is 25.6 Å². The van der Waals surface area contributed by atoms with Crippen molar-refractivity contribution < 1.29 is 4.74 Å².